The number of hydrogen-bond acceptors (Lipinski definition) is 4. The van der Waals surface area contributed by atoms with Crippen molar-refractivity contribution in [1.82, 2.24) is 0 Å². The van der Waals surface area contributed by atoms with Gasteiger partial charge in [0, 0.05) is 0 Å². The third-order valence-electron chi connectivity index (χ3n) is 1.36. The fourth-order valence-electron chi connectivity index (χ4n) is 0.747. The molecule has 0 radical (unpaired) electrons. The van der Waals surface area contributed by atoms with E-state index in [4.69, 9.17) is 5.26 Å². The summed E-state index contributed by atoms with van der Waals surface area (Å²) >= 11 is 0. The molecule has 0 unspecified atom stereocenters. The van der Waals surface area contributed by atoms with E-state index in [1.165, 1.54) is 6.26 Å². The Bertz CT molecular complexity index is 243. The van der Waals surface area contributed by atoms with Crippen LogP contribution >= 0.6 is 13.5 Å². The number of unbranched alkanes of at least 4 members (excludes halogenated alkanes) is 2. The maximum atomic E-state index is 11.0. The maximum Gasteiger partial charge on any atom is 0.287 e. The molecule has 13 heavy (non-hydrogen) atoms. The van der Waals surface area contributed by atoms with E-state index >= 15 is 0 Å². The Hall–Kier alpha value is -0.410. The lowest BCUT2D eigenvalue weighted by Gasteiger charge is -2.00. The average molecular weight is 225 g/mol. The predicted molar refractivity (Wildman–Crippen MR) is 55.3 cm³/mol. The summed E-state index contributed by atoms with van der Waals surface area (Å²) in [4.78, 5) is 0. The van der Waals surface area contributed by atoms with Crippen molar-refractivity contribution >= 4 is 23.3 Å². The first-order valence-electron chi connectivity index (χ1n) is 3.83. The summed E-state index contributed by atoms with van der Waals surface area (Å²) < 4.78 is 26.1. The van der Waals surface area contributed by atoms with Crippen LogP contribution in [0.15, 0.2) is 0 Å². The van der Waals surface area contributed by atoms with Crippen LogP contribution in [0, 0.1) is 11.5 Å². The van der Waals surface area contributed by atoms with Gasteiger partial charge in [-0.15, -0.1) is 0 Å². The molecule has 0 saturated heterocycles. The van der Waals surface area contributed by atoms with E-state index in [-0.39, 0.29) is 19.2 Å². The van der Waals surface area contributed by atoms with Gasteiger partial charge in [-0.05, 0) is 6.42 Å². The molecule has 0 aliphatic rings. The van der Waals surface area contributed by atoms with Crippen LogP contribution < -0.4 is 0 Å². The van der Waals surface area contributed by atoms with E-state index in [9.17, 15) is 8.42 Å². The van der Waals surface area contributed by atoms with Crippen molar-refractivity contribution < 1.29 is 13.2 Å². The van der Waals surface area contributed by atoms with Gasteiger partial charge in [-0.25, -0.2) is 8.42 Å². The van der Waals surface area contributed by atoms with Crippen molar-refractivity contribution in [3.63, 3.8) is 0 Å². The van der Waals surface area contributed by atoms with Crippen molar-refractivity contribution in [2.24, 2.45) is 0 Å². The zero-order valence-corrected chi connectivity index (χ0v) is 9.43. The van der Waals surface area contributed by atoms with Gasteiger partial charge in [-0.1, -0.05) is 19.8 Å². The van der Waals surface area contributed by atoms with Crippen LogP contribution in [-0.4, -0.2) is 20.1 Å². The molecule has 0 rings (SSSR count). The predicted octanol–water partition coefficient (Wildman–Crippen LogP) is 1.16. The quantitative estimate of drug-likeness (QED) is 0.502. The Balaban J connectivity index is 0. The molecular weight excluding hydrogens is 210 g/mol. The van der Waals surface area contributed by atoms with E-state index in [0.717, 1.165) is 12.8 Å². The first-order valence-corrected chi connectivity index (χ1v) is 5.66. The second-order valence-corrected chi connectivity index (χ2v) is 4.64. The van der Waals surface area contributed by atoms with E-state index in [1.807, 2.05) is 6.92 Å². The molecule has 0 aromatic rings. The minimum absolute atomic E-state index is 0. The Kier molecular flexibility index (Phi) is 9.51. The highest BCUT2D eigenvalue weighted by Gasteiger charge is 2.09. The largest absolute Gasteiger partial charge is 0.411 e. The SMILES string of the molecule is CCCCCS(=O)(=O)COC#N.S. The summed E-state index contributed by atoms with van der Waals surface area (Å²) in [5.74, 6) is -0.365. The minimum Gasteiger partial charge on any atom is -0.411 e. The summed E-state index contributed by atoms with van der Waals surface area (Å²) in [5, 5.41) is 7.96. The van der Waals surface area contributed by atoms with Gasteiger partial charge >= 0.3 is 0 Å². The van der Waals surface area contributed by atoms with E-state index in [0.29, 0.717) is 6.42 Å². The van der Waals surface area contributed by atoms with Gasteiger partial charge in [0.2, 0.25) is 5.94 Å². The summed E-state index contributed by atoms with van der Waals surface area (Å²) in [6.07, 6.45) is 3.86. The van der Waals surface area contributed by atoms with Crippen LogP contribution in [0.3, 0.4) is 0 Å². The van der Waals surface area contributed by atoms with Gasteiger partial charge in [0.05, 0.1) is 5.75 Å². The Labute approximate surface area is 86.3 Å². The van der Waals surface area contributed by atoms with Gasteiger partial charge in [0.25, 0.3) is 6.26 Å². The van der Waals surface area contributed by atoms with Gasteiger partial charge in [-0.3, -0.25) is 0 Å². The van der Waals surface area contributed by atoms with E-state index in [1.54, 1.807) is 0 Å². The minimum atomic E-state index is -3.16. The number of sulfone groups is 1. The topological polar surface area (TPSA) is 67.2 Å². The number of nitriles is 1. The van der Waals surface area contributed by atoms with Gasteiger partial charge in [0.1, 0.15) is 0 Å². The van der Waals surface area contributed by atoms with E-state index in [2.05, 4.69) is 4.74 Å². The molecule has 0 N–H and O–H groups in total. The summed E-state index contributed by atoms with van der Waals surface area (Å²) in [7, 11) is -3.16. The zero-order chi connectivity index (χ0) is 9.45. The third-order valence-corrected chi connectivity index (χ3v) is 2.75. The highest BCUT2D eigenvalue weighted by atomic mass is 32.2. The normalized spacial score (nSPS) is 9.85. The first-order chi connectivity index (χ1) is 5.62. The fourth-order valence-corrected chi connectivity index (χ4v) is 1.74. The second-order valence-electron chi connectivity index (χ2n) is 2.51. The smallest absolute Gasteiger partial charge is 0.287 e. The summed E-state index contributed by atoms with van der Waals surface area (Å²) in [6, 6.07) is 0. The molecule has 0 heterocycles. The summed E-state index contributed by atoms with van der Waals surface area (Å²) in [5.41, 5.74) is 0. The monoisotopic (exact) mass is 225 g/mol. The lowest BCUT2D eigenvalue weighted by molar-refractivity contribution is 0.328. The lowest BCUT2D eigenvalue weighted by Crippen LogP contribution is -2.11. The second kappa shape index (κ2) is 8.20. The van der Waals surface area contributed by atoms with Crippen LogP contribution in [0.25, 0.3) is 0 Å². The average Bonchev–Trinajstić information content (AvgIpc) is 2.01. The van der Waals surface area contributed by atoms with Crippen molar-refractivity contribution in [3.8, 4) is 6.26 Å². The first kappa shape index (κ1) is 15.1. The Morgan fingerprint density at radius 1 is 1.38 bits per heavy atom. The molecule has 0 amide bonds. The van der Waals surface area contributed by atoms with Crippen LogP contribution in [0.2, 0.25) is 0 Å². The number of nitrogens with zero attached hydrogens (tertiary/aromatic N) is 1. The van der Waals surface area contributed by atoms with Crippen molar-refractivity contribution in [1.29, 1.82) is 5.26 Å². The van der Waals surface area contributed by atoms with Gasteiger partial charge in [0.15, 0.2) is 9.84 Å². The maximum absolute atomic E-state index is 11.0. The van der Waals surface area contributed by atoms with Crippen LogP contribution in [0.4, 0.5) is 0 Å². The fraction of sp³-hybridized carbons (Fsp3) is 0.857. The van der Waals surface area contributed by atoms with Crippen molar-refractivity contribution in [3.05, 3.63) is 0 Å². The molecule has 0 aromatic carbocycles. The molecule has 0 aliphatic carbocycles. The summed E-state index contributed by atoms with van der Waals surface area (Å²) in [6.45, 7) is 2.00. The van der Waals surface area contributed by atoms with Crippen LogP contribution in [0.1, 0.15) is 26.2 Å². The molecular formula is C7H15NO3S2. The molecule has 78 valence electrons. The van der Waals surface area contributed by atoms with Crippen LogP contribution in [0.5, 0.6) is 0 Å². The van der Waals surface area contributed by atoms with E-state index < -0.39 is 15.8 Å². The van der Waals surface area contributed by atoms with Crippen LogP contribution in [-0.2, 0) is 14.6 Å². The standard InChI is InChI=1S/C7H13NO3S.H2S/c1-2-3-4-5-12(9,10)7-11-6-8;/h2-5,7H2,1H3;1H2. The lowest BCUT2D eigenvalue weighted by atomic mass is 10.3. The number of hydrogen-bond donors (Lipinski definition) is 0. The molecule has 0 saturated carbocycles. The molecule has 0 bridgehead atoms. The Morgan fingerprint density at radius 3 is 2.46 bits per heavy atom. The molecule has 0 fully saturated rings. The molecule has 0 spiro atoms. The molecule has 6 heteroatoms. The highest BCUT2D eigenvalue weighted by Crippen LogP contribution is 2.00. The van der Waals surface area contributed by atoms with Gasteiger partial charge < -0.3 is 4.74 Å². The Morgan fingerprint density at radius 2 is 2.00 bits per heavy atom. The molecule has 0 aromatic heterocycles. The van der Waals surface area contributed by atoms with Crippen molar-refractivity contribution in [2.75, 3.05) is 11.7 Å². The molecule has 4 nitrogen and oxygen atoms in total. The molecule has 0 aliphatic heterocycles. The van der Waals surface area contributed by atoms with Gasteiger partial charge in [-0.2, -0.15) is 18.8 Å². The zero-order valence-electron chi connectivity index (χ0n) is 7.62. The van der Waals surface area contributed by atoms with Crippen molar-refractivity contribution in [2.45, 2.75) is 26.2 Å². The highest BCUT2D eigenvalue weighted by molar-refractivity contribution is 7.91. The third kappa shape index (κ3) is 9.50. The molecule has 0 atom stereocenters. The number of ether oxygens (including phenoxy) is 1. The number of rotatable bonds is 6.